The number of carbonyl (C=O) groups is 1. The zero-order valence-electron chi connectivity index (χ0n) is 17.4. The average Bonchev–Trinajstić information content (AvgIpc) is 2.61. The van der Waals surface area contributed by atoms with Gasteiger partial charge in [-0.05, 0) is 41.2 Å². The Kier molecular flexibility index (Phi) is 7.01. The number of methoxy groups -OCH3 is 1. The number of rotatable bonds is 7. The van der Waals surface area contributed by atoms with Crippen LogP contribution in [0, 0.1) is 0 Å². The van der Waals surface area contributed by atoms with Crippen molar-refractivity contribution in [1.29, 1.82) is 0 Å². The Bertz CT molecular complexity index is 730. The highest BCUT2D eigenvalue weighted by Crippen LogP contribution is 2.38. The van der Waals surface area contributed by atoms with E-state index >= 15 is 0 Å². The number of esters is 1. The topological polar surface area (TPSA) is 35.5 Å². The summed E-state index contributed by atoms with van der Waals surface area (Å²) < 4.78 is 11.4. The predicted molar refractivity (Wildman–Crippen MR) is 114 cm³/mol. The first-order chi connectivity index (χ1) is 12.6. The lowest BCUT2D eigenvalue weighted by molar-refractivity contribution is -0.142. The van der Waals surface area contributed by atoms with Crippen LogP contribution in [0.15, 0.2) is 54.6 Å². The molecule has 0 N–H and O–H groups in total. The lowest BCUT2D eigenvalue weighted by atomic mass is 10.0. The van der Waals surface area contributed by atoms with Crippen molar-refractivity contribution in [1.82, 2.24) is 0 Å². The summed E-state index contributed by atoms with van der Waals surface area (Å²) in [6.45, 7) is 11.1. The Morgan fingerprint density at radius 1 is 0.963 bits per heavy atom. The van der Waals surface area contributed by atoms with Gasteiger partial charge in [0.2, 0.25) is 0 Å². The highest BCUT2D eigenvalue weighted by molar-refractivity contribution is 6.74. The van der Waals surface area contributed by atoms with Gasteiger partial charge in [-0.25, -0.2) is 0 Å². The molecular formula is C23H32O3Si. The van der Waals surface area contributed by atoms with Gasteiger partial charge in [-0.2, -0.15) is 0 Å². The molecule has 2 aromatic rings. The Balaban J connectivity index is 2.15. The molecule has 0 saturated heterocycles. The van der Waals surface area contributed by atoms with E-state index in [-0.39, 0.29) is 23.5 Å². The second kappa shape index (κ2) is 8.85. The van der Waals surface area contributed by atoms with Crippen molar-refractivity contribution in [3.63, 3.8) is 0 Å². The van der Waals surface area contributed by atoms with Gasteiger partial charge in [0.1, 0.15) is 0 Å². The fourth-order valence-corrected chi connectivity index (χ4v) is 4.10. The van der Waals surface area contributed by atoms with Crippen LogP contribution in [-0.2, 0) is 20.4 Å². The van der Waals surface area contributed by atoms with Gasteiger partial charge in [0.05, 0.1) is 19.6 Å². The van der Waals surface area contributed by atoms with E-state index in [2.05, 4.69) is 70.3 Å². The molecule has 3 nitrogen and oxygen atoms in total. The molecule has 146 valence electrons. The van der Waals surface area contributed by atoms with E-state index in [0.29, 0.717) is 6.42 Å². The molecule has 1 atom stereocenters. The van der Waals surface area contributed by atoms with E-state index in [1.54, 1.807) is 0 Å². The number of ether oxygens (including phenoxy) is 1. The van der Waals surface area contributed by atoms with E-state index in [1.807, 2.05) is 18.2 Å². The standard InChI is InChI=1S/C23H32O3Si/c1-23(2,3)27(5,6)26-21(17-22(24)25-4)16-18-12-14-20(15-13-18)19-10-8-7-9-11-19/h7-15,21H,16-17H2,1-6H3. The molecule has 1 unspecified atom stereocenters. The van der Waals surface area contributed by atoms with E-state index in [1.165, 1.54) is 23.8 Å². The Hall–Kier alpha value is -1.91. The summed E-state index contributed by atoms with van der Waals surface area (Å²) in [7, 11) is -0.542. The molecule has 0 saturated carbocycles. The van der Waals surface area contributed by atoms with E-state index in [0.717, 1.165) is 0 Å². The summed E-state index contributed by atoms with van der Waals surface area (Å²) >= 11 is 0. The molecule has 0 aliphatic rings. The largest absolute Gasteiger partial charge is 0.469 e. The first-order valence-electron chi connectivity index (χ1n) is 9.51. The summed E-state index contributed by atoms with van der Waals surface area (Å²) in [5.74, 6) is -0.223. The molecule has 0 aliphatic heterocycles. The first kappa shape index (κ1) is 21.4. The first-order valence-corrected chi connectivity index (χ1v) is 12.4. The van der Waals surface area contributed by atoms with Gasteiger partial charge in [-0.15, -0.1) is 0 Å². The third kappa shape index (κ3) is 6.05. The molecule has 2 aromatic carbocycles. The van der Waals surface area contributed by atoms with Crippen LogP contribution < -0.4 is 0 Å². The lowest BCUT2D eigenvalue weighted by Crippen LogP contribution is -2.45. The minimum Gasteiger partial charge on any atom is -0.469 e. The van der Waals surface area contributed by atoms with Crippen molar-refractivity contribution in [3.05, 3.63) is 60.2 Å². The molecule has 0 amide bonds. The van der Waals surface area contributed by atoms with Gasteiger partial charge < -0.3 is 9.16 Å². The quantitative estimate of drug-likeness (QED) is 0.444. The average molecular weight is 385 g/mol. The molecule has 0 aliphatic carbocycles. The monoisotopic (exact) mass is 384 g/mol. The van der Waals surface area contributed by atoms with Crippen LogP contribution in [0.1, 0.15) is 32.8 Å². The maximum absolute atomic E-state index is 11.9. The lowest BCUT2D eigenvalue weighted by Gasteiger charge is -2.39. The predicted octanol–water partition coefficient (Wildman–Crippen LogP) is 5.85. The number of carbonyl (C=O) groups excluding carboxylic acids is 1. The summed E-state index contributed by atoms with van der Waals surface area (Å²) in [5.41, 5.74) is 3.56. The molecule has 0 heterocycles. The molecule has 0 bridgehead atoms. The van der Waals surface area contributed by atoms with Gasteiger partial charge in [0, 0.05) is 0 Å². The van der Waals surface area contributed by atoms with Crippen LogP contribution in [0.3, 0.4) is 0 Å². The molecule has 4 heteroatoms. The van der Waals surface area contributed by atoms with Crippen LogP contribution >= 0.6 is 0 Å². The SMILES string of the molecule is COC(=O)CC(Cc1ccc(-c2ccccc2)cc1)O[Si](C)(C)C(C)(C)C. The van der Waals surface area contributed by atoms with Crippen molar-refractivity contribution in [3.8, 4) is 11.1 Å². The van der Waals surface area contributed by atoms with Crippen molar-refractivity contribution in [2.45, 2.75) is 57.8 Å². The normalized spacial score (nSPS) is 13.3. The van der Waals surface area contributed by atoms with Gasteiger partial charge in [0.25, 0.3) is 0 Å². The molecule has 0 aromatic heterocycles. The fraction of sp³-hybridized carbons (Fsp3) is 0.435. The van der Waals surface area contributed by atoms with E-state index in [9.17, 15) is 4.79 Å². The molecule has 2 rings (SSSR count). The number of hydrogen-bond donors (Lipinski definition) is 0. The van der Waals surface area contributed by atoms with Crippen molar-refractivity contribution in [2.24, 2.45) is 0 Å². The summed E-state index contributed by atoms with van der Waals surface area (Å²) in [6, 6.07) is 18.8. The molecule has 0 fully saturated rings. The van der Waals surface area contributed by atoms with Crippen LogP contribution in [-0.4, -0.2) is 27.5 Å². The Morgan fingerprint density at radius 3 is 2.04 bits per heavy atom. The van der Waals surface area contributed by atoms with Crippen LogP contribution in [0.2, 0.25) is 18.1 Å². The van der Waals surface area contributed by atoms with E-state index < -0.39 is 8.32 Å². The van der Waals surface area contributed by atoms with Crippen molar-refractivity contribution < 1.29 is 14.0 Å². The van der Waals surface area contributed by atoms with Crippen LogP contribution in [0.4, 0.5) is 0 Å². The Morgan fingerprint density at radius 2 is 1.52 bits per heavy atom. The molecule has 27 heavy (non-hydrogen) atoms. The summed E-state index contributed by atoms with van der Waals surface area (Å²) in [4.78, 5) is 11.9. The van der Waals surface area contributed by atoms with Gasteiger partial charge in [0.15, 0.2) is 8.32 Å². The Labute approximate surface area is 164 Å². The molecular weight excluding hydrogens is 352 g/mol. The van der Waals surface area contributed by atoms with E-state index in [4.69, 9.17) is 9.16 Å². The highest BCUT2D eigenvalue weighted by atomic mass is 28.4. The maximum Gasteiger partial charge on any atom is 0.308 e. The fourth-order valence-electron chi connectivity index (χ4n) is 2.74. The van der Waals surface area contributed by atoms with Crippen molar-refractivity contribution in [2.75, 3.05) is 7.11 Å². The second-order valence-corrected chi connectivity index (χ2v) is 13.3. The summed E-state index contributed by atoms with van der Waals surface area (Å²) in [6.07, 6.45) is 0.820. The smallest absolute Gasteiger partial charge is 0.308 e. The van der Waals surface area contributed by atoms with Gasteiger partial charge in [-0.1, -0.05) is 75.4 Å². The number of benzene rings is 2. The maximum atomic E-state index is 11.9. The molecule has 0 spiro atoms. The highest BCUT2D eigenvalue weighted by Gasteiger charge is 2.39. The zero-order chi connectivity index (χ0) is 20.1. The summed E-state index contributed by atoms with van der Waals surface area (Å²) in [5, 5.41) is 0.0958. The number of hydrogen-bond acceptors (Lipinski definition) is 3. The van der Waals surface area contributed by atoms with Crippen LogP contribution in [0.5, 0.6) is 0 Å². The minimum absolute atomic E-state index is 0.0958. The third-order valence-electron chi connectivity index (χ3n) is 5.41. The van der Waals surface area contributed by atoms with Crippen LogP contribution in [0.25, 0.3) is 11.1 Å². The molecule has 0 radical (unpaired) electrons. The van der Waals surface area contributed by atoms with Gasteiger partial charge in [-0.3, -0.25) is 4.79 Å². The third-order valence-corrected chi connectivity index (χ3v) is 9.95. The zero-order valence-corrected chi connectivity index (χ0v) is 18.4. The van der Waals surface area contributed by atoms with Crippen molar-refractivity contribution >= 4 is 14.3 Å². The van der Waals surface area contributed by atoms with Gasteiger partial charge >= 0.3 is 5.97 Å². The minimum atomic E-state index is -1.97. The second-order valence-electron chi connectivity index (χ2n) is 8.55.